The van der Waals surface area contributed by atoms with E-state index in [1.807, 2.05) is 42.5 Å². The highest BCUT2D eigenvalue weighted by Crippen LogP contribution is 2.31. The molecule has 0 radical (unpaired) electrons. The summed E-state index contributed by atoms with van der Waals surface area (Å²) in [5, 5.41) is 12.5. The highest BCUT2D eigenvalue weighted by atomic mass is 16.3. The molecule has 0 aliphatic rings. The van der Waals surface area contributed by atoms with Gasteiger partial charge in [0.05, 0.1) is 5.56 Å². The Labute approximate surface area is 124 Å². The van der Waals surface area contributed by atoms with Crippen molar-refractivity contribution in [2.24, 2.45) is 0 Å². The van der Waals surface area contributed by atoms with Crippen molar-refractivity contribution in [3.63, 3.8) is 0 Å². The van der Waals surface area contributed by atoms with Gasteiger partial charge in [-0.1, -0.05) is 36.4 Å². The van der Waals surface area contributed by atoms with Crippen molar-refractivity contribution < 1.29 is 5.11 Å². The third-order valence-corrected chi connectivity index (χ3v) is 3.66. The minimum atomic E-state index is -0.388. The second-order valence-corrected chi connectivity index (χ2v) is 4.99. The van der Waals surface area contributed by atoms with Gasteiger partial charge in [0.15, 0.2) is 11.4 Å². The molecule has 0 fully saturated rings. The fourth-order valence-electron chi connectivity index (χ4n) is 2.61. The van der Waals surface area contributed by atoms with Crippen molar-refractivity contribution in [3.8, 4) is 16.9 Å². The van der Waals surface area contributed by atoms with Crippen molar-refractivity contribution in [2.45, 2.75) is 0 Å². The van der Waals surface area contributed by atoms with Crippen LogP contribution in [0.2, 0.25) is 0 Å². The molecule has 5 heteroatoms. The van der Waals surface area contributed by atoms with Crippen LogP contribution < -0.4 is 5.56 Å². The first-order valence-electron chi connectivity index (χ1n) is 6.79. The number of hydrogen-bond acceptors (Lipinski definition) is 4. The summed E-state index contributed by atoms with van der Waals surface area (Å²) in [4.78, 5) is 23.1. The first-order valence-corrected chi connectivity index (χ1v) is 6.79. The Bertz CT molecular complexity index is 1070. The molecule has 0 bridgehead atoms. The van der Waals surface area contributed by atoms with Crippen LogP contribution >= 0.6 is 0 Å². The monoisotopic (exact) mass is 289 g/mol. The Hall–Kier alpha value is -3.21. The molecule has 4 aromatic rings. The summed E-state index contributed by atoms with van der Waals surface area (Å²) in [5.41, 5.74) is 1.02. The van der Waals surface area contributed by atoms with Crippen molar-refractivity contribution >= 4 is 21.9 Å². The SMILES string of the molecule is O=c1[nH]c2nccnc2c(O)c1-c1ccc2ccccc2c1. The Morgan fingerprint density at radius 3 is 2.59 bits per heavy atom. The van der Waals surface area contributed by atoms with E-state index in [4.69, 9.17) is 0 Å². The highest BCUT2D eigenvalue weighted by molar-refractivity contribution is 5.91. The summed E-state index contributed by atoms with van der Waals surface area (Å²) in [6, 6.07) is 13.5. The number of H-pyrrole nitrogens is 1. The quantitative estimate of drug-likeness (QED) is 0.564. The van der Waals surface area contributed by atoms with Crippen LogP contribution in [0, 0.1) is 0 Å². The van der Waals surface area contributed by atoms with E-state index in [0.29, 0.717) is 5.56 Å². The molecule has 0 aliphatic carbocycles. The van der Waals surface area contributed by atoms with E-state index in [9.17, 15) is 9.90 Å². The van der Waals surface area contributed by atoms with Crippen molar-refractivity contribution in [3.05, 3.63) is 65.2 Å². The Morgan fingerprint density at radius 2 is 1.73 bits per heavy atom. The normalized spacial score (nSPS) is 11.1. The minimum Gasteiger partial charge on any atom is -0.505 e. The van der Waals surface area contributed by atoms with Crippen molar-refractivity contribution in [1.82, 2.24) is 15.0 Å². The van der Waals surface area contributed by atoms with E-state index in [-0.39, 0.29) is 28.0 Å². The van der Waals surface area contributed by atoms with Gasteiger partial charge < -0.3 is 10.1 Å². The lowest BCUT2D eigenvalue weighted by molar-refractivity contribution is 0.481. The lowest BCUT2D eigenvalue weighted by atomic mass is 10.0. The summed E-state index contributed by atoms with van der Waals surface area (Å²) < 4.78 is 0. The maximum absolute atomic E-state index is 12.3. The molecule has 0 amide bonds. The molecule has 2 N–H and O–H groups in total. The average Bonchev–Trinajstić information content (AvgIpc) is 2.55. The third-order valence-electron chi connectivity index (χ3n) is 3.66. The van der Waals surface area contributed by atoms with E-state index in [2.05, 4.69) is 15.0 Å². The number of rotatable bonds is 1. The van der Waals surface area contributed by atoms with Gasteiger partial charge in [0.25, 0.3) is 5.56 Å². The second-order valence-electron chi connectivity index (χ2n) is 4.99. The molecule has 2 aromatic heterocycles. The zero-order chi connectivity index (χ0) is 15.1. The van der Waals surface area contributed by atoms with Gasteiger partial charge in [-0.15, -0.1) is 0 Å². The zero-order valence-electron chi connectivity index (χ0n) is 11.4. The smallest absolute Gasteiger partial charge is 0.261 e. The zero-order valence-corrected chi connectivity index (χ0v) is 11.4. The largest absolute Gasteiger partial charge is 0.505 e. The van der Waals surface area contributed by atoms with E-state index in [1.165, 1.54) is 12.4 Å². The Balaban J connectivity index is 2.05. The molecule has 0 unspecified atom stereocenters. The first kappa shape index (κ1) is 12.5. The number of aromatic nitrogens is 3. The fourth-order valence-corrected chi connectivity index (χ4v) is 2.61. The lowest BCUT2D eigenvalue weighted by Gasteiger charge is -2.07. The van der Waals surface area contributed by atoms with Crippen LogP contribution in [-0.2, 0) is 0 Å². The van der Waals surface area contributed by atoms with Gasteiger partial charge in [-0.3, -0.25) is 4.79 Å². The molecule has 0 spiro atoms. The van der Waals surface area contributed by atoms with Crippen LogP contribution in [0.5, 0.6) is 5.75 Å². The van der Waals surface area contributed by atoms with Gasteiger partial charge in [0, 0.05) is 12.4 Å². The predicted molar refractivity (Wildman–Crippen MR) is 84.8 cm³/mol. The number of aromatic hydroxyl groups is 1. The minimum absolute atomic E-state index is 0.151. The van der Waals surface area contributed by atoms with Gasteiger partial charge in [0.1, 0.15) is 5.52 Å². The van der Waals surface area contributed by atoms with E-state index >= 15 is 0 Å². The van der Waals surface area contributed by atoms with Crippen molar-refractivity contribution in [1.29, 1.82) is 0 Å². The molecule has 4 rings (SSSR count). The molecule has 22 heavy (non-hydrogen) atoms. The maximum atomic E-state index is 12.3. The summed E-state index contributed by atoms with van der Waals surface area (Å²) in [6.45, 7) is 0. The lowest BCUT2D eigenvalue weighted by Crippen LogP contribution is -2.10. The van der Waals surface area contributed by atoms with Crippen molar-refractivity contribution in [2.75, 3.05) is 0 Å². The Kier molecular flexibility index (Phi) is 2.66. The number of benzene rings is 2. The van der Waals surface area contributed by atoms with Gasteiger partial charge in [0.2, 0.25) is 0 Å². The maximum Gasteiger partial charge on any atom is 0.261 e. The standard InChI is InChI=1S/C17H11N3O2/c21-15-13(17(22)20-16-14(15)18-7-8-19-16)12-6-5-10-3-1-2-4-11(10)9-12/h1-9H,(H2,19,20,21,22). The molecule has 2 aromatic carbocycles. The molecule has 0 saturated heterocycles. The van der Waals surface area contributed by atoms with E-state index < -0.39 is 0 Å². The van der Waals surface area contributed by atoms with Gasteiger partial charge >= 0.3 is 0 Å². The second kappa shape index (κ2) is 4.66. The summed E-state index contributed by atoms with van der Waals surface area (Å²) in [5.74, 6) is -0.151. The van der Waals surface area contributed by atoms with Gasteiger partial charge in [-0.2, -0.15) is 0 Å². The van der Waals surface area contributed by atoms with Crippen LogP contribution in [0.1, 0.15) is 0 Å². The number of hydrogen-bond donors (Lipinski definition) is 2. The molecular weight excluding hydrogens is 278 g/mol. The molecule has 106 valence electrons. The molecular formula is C17H11N3O2. The predicted octanol–water partition coefficient (Wildman–Crippen LogP) is 2.84. The molecule has 0 saturated carbocycles. The van der Waals surface area contributed by atoms with Crippen LogP contribution in [0.4, 0.5) is 0 Å². The van der Waals surface area contributed by atoms with E-state index in [0.717, 1.165) is 10.8 Å². The topological polar surface area (TPSA) is 78.9 Å². The number of nitrogens with one attached hydrogen (secondary N) is 1. The number of aromatic amines is 1. The third kappa shape index (κ3) is 1.83. The first-order chi connectivity index (χ1) is 10.7. The summed E-state index contributed by atoms with van der Waals surface area (Å²) in [7, 11) is 0. The van der Waals surface area contributed by atoms with Crippen LogP contribution in [0.25, 0.3) is 33.1 Å². The van der Waals surface area contributed by atoms with Crippen LogP contribution in [-0.4, -0.2) is 20.1 Å². The number of nitrogens with zero attached hydrogens (tertiary/aromatic N) is 2. The summed E-state index contributed by atoms with van der Waals surface area (Å²) >= 11 is 0. The highest BCUT2D eigenvalue weighted by Gasteiger charge is 2.15. The molecule has 2 heterocycles. The van der Waals surface area contributed by atoms with Crippen LogP contribution in [0.15, 0.2) is 59.7 Å². The van der Waals surface area contributed by atoms with Crippen LogP contribution in [0.3, 0.4) is 0 Å². The fraction of sp³-hybridized carbons (Fsp3) is 0. The number of fused-ring (bicyclic) bond motifs is 2. The van der Waals surface area contributed by atoms with Gasteiger partial charge in [-0.05, 0) is 22.4 Å². The molecule has 5 nitrogen and oxygen atoms in total. The Morgan fingerprint density at radius 1 is 0.955 bits per heavy atom. The number of pyridine rings is 1. The molecule has 0 aliphatic heterocycles. The molecule has 0 atom stereocenters. The van der Waals surface area contributed by atoms with E-state index in [1.54, 1.807) is 0 Å². The van der Waals surface area contributed by atoms with Gasteiger partial charge in [-0.25, -0.2) is 9.97 Å². The average molecular weight is 289 g/mol. The summed E-state index contributed by atoms with van der Waals surface area (Å²) in [6.07, 6.45) is 2.94.